The Labute approximate surface area is 149 Å². The van der Waals surface area contributed by atoms with Crippen molar-refractivity contribution in [2.75, 3.05) is 57.5 Å². The van der Waals surface area contributed by atoms with Crippen molar-refractivity contribution >= 4 is 17.0 Å². The van der Waals surface area contributed by atoms with Gasteiger partial charge in [-0.3, -0.25) is 0 Å². The van der Waals surface area contributed by atoms with E-state index in [1.807, 2.05) is 4.52 Å². The Bertz CT molecular complexity index is 723. The van der Waals surface area contributed by atoms with Crippen LogP contribution >= 0.6 is 0 Å². The summed E-state index contributed by atoms with van der Waals surface area (Å²) in [6, 6.07) is 4.31. The summed E-state index contributed by atoms with van der Waals surface area (Å²) in [5.74, 6) is 0.824. The van der Waals surface area contributed by atoms with E-state index in [9.17, 15) is 0 Å². The molecule has 3 heterocycles. The van der Waals surface area contributed by atoms with E-state index in [2.05, 4.69) is 24.5 Å². The Balaban J connectivity index is 0.00000169. The maximum Gasteiger partial charge on any atom is 0.172 e. The van der Waals surface area contributed by atoms with Gasteiger partial charge in [-0.2, -0.15) is 0 Å². The van der Waals surface area contributed by atoms with Gasteiger partial charge in [0.25, 0.3) is 0 Å². The summed E-state index contributed by atoms with van der Waals surface area (Å²) in [4.78, 5) is 0. The molecule has 0 amide bonds. The molecule has 0 unspecified atom stereocenters. The van der Waals surface area contributed by atoms with Gasteiger partial charge in [0, 0.05) is 5.69 Å². The number of hydrogen-bond acceptors (Lipinski definition) is 4. The molecule has 1 aliphatic heterocycles. The van der Waals surface area contributed by atoms with Crippen LogP contribution in [0.5, 0.6) is 0 Å². The topological polar surface area (TPSA) is 64.6 Å². The number of nitrogens with zero attached hydrogens (tertiary/aromatic N) is 3. The number of ether oxygens (including phenoxy) is 1. The number of quaternary nitrogens is 1. The minimum Gasteiger partial charge on any atom is -1.00 e. The number of nitrogens with one attached hydrogen (secondary N) is 1. The van der Waals surface area contributed by atoms with Crippen LogP contribution in [0.15, 0.2) is 12.1 Å². The lowest BCUT2D eigenvalue weighted by Crippen LogP contribution is -3.00. The highest BCUT2D eigenvalue weighted by Crippen LogP contribution is 2.29. The lowest BCUT2D eigenvalue weighted by Gasteiger charge is -2.37. The minimum absolute atomic E-state index is 0. The summed E-state index contributed by atoms with van der Waals surface area (Å²) >= 11 is 0. The molecule has 3 N–H and O–H groups in total. The van der Waals surface area contributed by atoms with Crippen molar-refractivity contribution in [3.8, 4) is 0 Å². The number of nitrogens with two attached hydrogens (primary N) is 1. The number of nitrogen functional groups attached to an aromatic ring is 1. The second-order valence-electron chi connectivity index (χ2n) is 7.05. The van der Waals surface area contributed by atoms with Crippen molar-refractivity contribution < 1.29 is 21.6 Å². The summed E-state index contributed by atoms with van der Waals surface area (Å²) in [6.45, 7) is 5.82. The normalized spacial score (nSPS) is 19.0. The zero-order valence-electron chi connectivity index (χ0n) is 14.2. The highest BCUT2D eigenvalue weighted by Gasteiger charge is 2.25. The first-order valence-corrected chi connectivity index (χ1v) is 8.60. The van der Waals surface area contributed by atoms with Crippen LogP contribution < -0.4 is 23.5 Å². The Morgan fingerprint density at radius 1 is 1.29 bits per heavy atom. The molecule has 2 aromatic heterocycles. The van der Waals surface area contributed by atoms with Crippen LogP contribution in [0.4, 0.5) is 11.5 Å². The molecule has 2 aliphatic rings. The van der Waals surface area contributed by atoms with Crippen LogP contribution in [0.25, 0.3) is 5.52 Å². The Kier molecular flexibility index (Phi) is 4.90. The molecule has 0 aromatic carbocycles. The largest absolute Gasteiger partial charge is 1.00 e. The number of hydrogen-bond donors (Lipinski definition) is 2. The average molecular weight is 352 g/mol. The second kappa shape index (κ2) is 6.78. The van der Waals surface area contributed by atoms with Crippen molar-refractivity contribution in [2.45, 2.75) is 19.3 Å². The van der Waals surface area contributed by atoms with Crippen LogP contribution in [0.3, 0.4) is 0 Å². The third kappa shape index (κ3) is 3.06. The Morgan fingerprint density at radius 3 is 2.88 bits per heavy atom. The third-order valence-corrected chi connectivity index (χ3v) is 5.38. The van der Waals surface area contributed by atoms with Gasteiger partial charge < -0.3 is 32.7 Å². The Hall–Kier alpha value is -1.50. The highest BCUT2D eigenvalue weighted by atomic mass is 35.5. The zero-order valence-corrected chi connectivity index (χ0v) is 15.0. The van der Waals surface area contributed by atoms with Crippen molar-refractivity contribution in [2.24, 2.45) is 0 Å². The molecule has 0 spiro atoms. The van der Waals surface area contributed by atoms with Crippen LogP contribution in [-0.2, 0) is 17.6 Å². The molecule has 1 fully saturated rings. The van der Waals surface area contributed by atoms with Gasteiger partial charge in [-0.15, -0.1) is 5.10 Å². The molecule has 1 aliphatic carbocycles. The summed E-state index contributed by atoms with van der Waals surface area (Å²) < 4.78 is 8.56. The SMILES string of the molecule is C[N+]1(CCNc2nn3c4c(ccc3c2N)CCC4)CCOCC1.[Cl-]. The molecule has 0 radical (unpaired) electrons. The number of anilines is 2. The van der Waals surface area contributed by atoms with Crippen molar-refractivity contribution in [3.63, 3.8) is 0 Å². The molecule has 6 nitrogen and oxygen atoms in total. The summed E-state index contributed by atoms with van der Waals surface area (Å²) in [7, 11) is 2.30. The quantitative estimate of drug-likeness (QED) is 0.644. The molecule has 0 saturated carbocycles. The monoisotopic (exact) mass is 351 g/mol. The smallest absolute Gasteiger partial charge is 0.172 e. The lowest BCUT2D eigenvalue weighted by atomic mass is 10.2. The van der Waals surface area contributed by atoms with Crippen molar-refractivity contribution in [1.29, 1.82) is 0 Å². The van der Waals surface area contributed by atoms with E-state index in [1.165, 1.54) is 17.7 Å². The molecular formula is C17H26ClN5O. The molecule has 132 valence electrons. The highest BCUT2D eigenvalue weighted by molar-refractivity contribution is 5.81. The predicted molar refractivity (Wildman–Crippen MR) is 91.7 cm³/mol. The average Bonchev–Trinajstić information content (AvgIpc) is 3.13. The minimum atomic E-state index is 0. The van der Waals surface area contributed by atoms with Gasteiger partial charge in [-0.25, -0.2) is 4.52 Å². The van der Waals surface area contributed by atoms with E-state index in [-0.39, 0.29) is 12.4 Å². The van der Waals surface area contributed by atoms with Crippen molar-refractivity contribution in [3.05, 3.63) is 23.4 Å². The maximum atomic E-state index is 6.31. The van der Waals surface area contributed by atoms with E-state index < -0.39 is 0 Å². The second-order valence-corrected chi connectivity index (χ2v) is 7.05. The first-order valence-electron chi connectivity index (χ1n) is 8.60. The molecule has 7 heteroatoms. The number of aromatic nitrogens is 2. The fourth-order valence-electron chi connectivity index (χ4n) is 3.74. The number of morpholine rings is 1. The van der Waals surface area contributed by atoms with E-state index in [1.54, 1.807) is 0 Å². The lowest BCUT2D eigenvalue weighted by molar-refractivity contribution is -0.915. The number of pyridine rings is 1. The van der Waals surface area contributed by atoms with E-state index in [0.29, 0.717) is 0 Å². The van der Waals surface area contributed by atoms with Gasteiger partial charge >= 0.3 is 0 Å². The first kappa shape index (κ1) is 17.3. The third-order valence-electron chi connectivity index (χ3n) is 5.38. The van der Waals surface area contributed by atoms with Gasteiger partial charge in [0.15, 0.2) is 5.82 Å². The standard InChI is InChI=1S/C17H26N5O.ClH/c1-22(9-11-23-12-10-22)8-7-19-17-16(18)15-6-5-13-3-2-4-14(13)21(15)20-17;/h5-6H,2-4,7-12,18H2,1H3,(H,19,20);1H/q+1;/p-1. The Morgan fingerprint density at radius 2 is 2.08 bits per heavy atom. The number of halogens is 1. The number of fused-ring (bicyclic) bond motifs is 3. The fraction of sp³-hybridized carbons (Fsp3) is 0.588. The van der Waals surface area contributed by atoms with Gasteiger partial charge in [-0.1, -0.05) is 6.07 Å². The van der Waals surface area contributed by atoms with Gasteiger partial charge in [0.05, 0.1) is 38.9 Å². The van der Waals surface area contributed by atoms with Gasteiger partial charge in [0.2, 0.25) is 0 Å². The van der Waals surface area contributed by atoms with Gasteiger partial charge in [0.1, 0.15) is 18.8 Å². The van der Waals surface area contributed by atoms with Gasteiger partial charge in [-0.05, 0) is 30.9 Å². The molecule has 0 bridgehead atoms. The molecule has 0 atom stereocenters. The maximum absolute atomic E-state index is 6.31. The van der Waals surface area contributed by atoms with Crippen LogP contribution in [0.2, 0.25) is 0 Å². The molecule has 2 aromatic rings. The molecule has 24 heavy (non-hydrogen) atoms. The van der Waals surface area contributed by atoms with E-state index in [4.69, 9.17) is 15.6 Å². The molecular weight excluding hydrogens is 326 g/mol. The van der Waals surface area contributed by atoms with Crippen LogP contribution in [0, 0.1) is 0 Å². The summed E-state index contributed by atoms with van der Waals surface area (Å²) in [5.41, 5.74) is 10.9. The van der Waals surface area contributed by atoms with E-state index in [0.717, 1.165) is 73.7 Å². The fourth-order valence-corrected chi connectivity index (χ4v) is 3.74. The summed E-state index contributed by atoms with van der Waals surface area (Å²) in [6.07, 6.45) is 3.47. The number of rotatable bonds is 4. The van der Waals surface area contributed by atoms with Crippen LogP contribution in [-0.4, -0.2) is 60.5 Å². The number of aryl methyl sites for hydroxylation is 2. The van der Waals surface area contributed by atoms with E-state index >= 15 is 0 Å². The van der Waals surface area contributed by atoms with Crippen LogP contribution in [0.1, 0.15) is 17.7 Å². The zero-order chi connectivity index (χ0) is 15.9. The predicted octanol–water partition coefficient (Wildman–Crippen LogP) is -1.70. The molecule has 4 rings (SSSR count). The first-order chi connectivity index (χ1) is 11.2. The number of likely N-dealkylation sites (N-methyl/N-ethyl adjacent to an activating group) is 1. The van der Waals surface area contributed by atoms with Crippen molar-refractivity contribution in [1.82, 2.24) is 9.61 Å². The summed E-state index contributed by atoms with van der Waals surface area (Å²) in [5, 5.41) is 8.19. The molecule has 1 saturated heterocycles.